The SMILES string of the molecule is [CH2]C(CCCBr)(NC(=O)O)C(=O)C(=C)C. The van der Waals surface area contributed by atoms with Gasteiger partial charge < -0.3 is 10.4 Å². The Morgan fingerprint density at radius 2 is 2.07 bits per heavy atom. The van der Waals surface area contributed by atoms with Crippen LogP contribution in [0.5, 0.6) is 0 Å². The van der Waals surface area contributed by atoms with E-state index in [0.29, 0.717) is 23.7 Å². The first-order valence-electron chi connectivity index (χ1n) is 4.46. The molecule has 1 radical (unpaired) electrons. The number of carbonyl (C=O) groups excluding carboxylic acids is 1. The van der Waals surface area contributed by atoms with E-state index in [9.17, 15) is 9.59 Å². The fourth-order valence-electron chi connectivity index (χ4n) is 1.21. The predicted molar refractivity (Wildman–Crippen MR) is 62.1 cm³/mol. The molecule has 0 bridgehead atoms. The smallest absolute Gasteiger partial charge is 0.405 e. The number of ketones is 1. The van der Waals surface area contributed by atoms with E-state index in [1.807, 2.05) is 0 Å². The second-order valence-electron chi connectivity index (χ2n) is 3.41. The molecule has 85 valence electrons. The van der Waals surface area contributed by atoms with E-state index in [-0.39, 0.29) is 5.78 Å². The predicted octanol–water partition coefficient (Wildman–Crippen LogP) is 2.15. The Morgan fingerprint density at radius 3 is 2.40 bits per heavy atom. The summed E-state index contributed by atoms with van der Waals surface area (Å²) in [7, 11) is 0. The fourth-order valence-corrected chi connectivity index (χ4v) is 1.49. The van der Waals surface area contributed by atoms with Crippen LogP contribution in [-0.4, -0.2) is 27.9 Å². The largest absolute Gasteiger partial charge is 0.465 e. The second kappa shape index (κ2) is 5.90. The van der Waals surface area contributed by atoms with Crippen LogP contribution in [0.25, 0.3) is 0 Å². The minimum atomic E-state index is -1.31. The van der Waals surface area contributed by atoms with Crippen molar-refractivity contribution in [1.29, 1.82) is 0 Å². The highest BCUT2D eigenvalue weighted by atomic mass is 79.9. The van der Waals surface area contributed by atoms with Crippen molar-refractivity contribution in [1.82, 2.24) is 5.32 Å². The molecule has 0 spiro atoms. The molecule has 0 aliphatic rings. The number of hydrogen-bond acceptors (Lipinski definition) is 2. The molecule has 0 aliphatic carbocycles. The number of hydrogen-bond donors (Lipinski definition) is 2. The van der Waals surface area contributed by atoms with Gasteiger partial charge in [0.15, 0.2) is 5.78 Å². The average molecular weight is 277 g/mol. The highest BCUT2D eigenvalue weighted by molar-refractivity contribution is 9.09. The highest BCUT2D eigenvalue weighted by Gasteiger charge is 2.34. The maximum absolute atomic E-state index is 11.7. The molecule has 0 saturated heterocycles. The van der Waals surface area contributed by atoms with Gasteiger partial charge in [-0.3, -0.25) is 4.79 Å². The lowest BCUT2D eigenvalue weighted by molar-refractivity contribution is -0.120. The molecular weight excluding hydrogens is 262 g/mol. The number of carbonyl (C=O) groups is 2. The standard InChI is InChI=1S/C10H15BrNO3/c1-7(2)8(13)10(3,5-4-6-11)12-9(14)15/h12H,1,3-6H2,2H3,(H,14,15). The number of halogens is 1. The number of alkyl halides is 1. The van der Waals surface area contributed by atoms with Gasteiger partial charge in [0.05, 0.1) is 0 Å². The van der Waals surface area contributed by atoms with E-state index in [0.717, 1.165) is 0 Å². The first kappa shape index (κ1) is 14.2. The van der Waals surface area contributed by atoms with Crippen molar-refractivity contribution in [3.63, 3.8) is 0 Å². The normalized spacial score (nSPS) is 14.1. The van der Waals surface area contributed by atoms with E-state index in [1.54, 1.807) is 6.92 Å². The lowest BCUT2D eigenvalue weighted by atomic mass is 9.88. The Balaban J connectivity index is 4.75. The van der Waals surface area contributed by atoms with Gasteiger partial charge in [0, 0.05) is 5.33 Å². The molecule has 5 heteroatoms. The molecule has 1 atom stereocenters. The minimum Gasteiger partial charge on any atom is -0.465 e. The van der Waals surface area contributed by atoms with Gasteiger partial charge in [0.25, 0.3) is 0 Å². The van der Waals surface area contributed by atoms with Gasteiger partial charge in [0.1, 0.15) is 5.54 Å². The third-order valence-electron chi connectivity index (χ3n) is 1.91. The van der Waals surface area contributed by atoms with E-state index in [1.165, 1.54) is 0 Å². The summed E-state index contributed by atoms with van der Waals surface area (Å²) < 4.78 is 0. The van der Waals surface area contributed by atoms with Gasteiger partial charge in [-0.15, -0.1) is 0 Å². The summed E-state index contributed by atoms with van der Waals surface area (Å²) in [6.07, 6.45) is -0.256. The number of amides is 1. The zero-order valence-electron chi connectivity index (χ0n) is 8.68. The topological polar surface area (TPSA) is 66.4 Å². The number of nitrogens with one attached hydrogen (secondary N) is 1. The number of rotatable bonds is 6. The maximum atomic E-state index is 11.7. The summed E-state index contributed by atoms with van der Waals surface area (Å²) in [5.74, 6) is -0.370. The van der Waals surface area contributed by atoms with Crippen molar-refractivity contribution in [2.24, 2.45) is 0 Å². The third-order valence-corrected chi connectivity index (χ3v) is 2.47. The Bertz CT molecular complexity index is 278. The lowest BCUT2D eigenvalue weighted by Crippen LogP contribution is -2.52. The fraction of sp³-hybridized carbons (Fsp3) is 0.500. The van der Waals surface area contributed by atoms with Crippen molar-refractivity contribution < 1.29 is 14.7 Å². The van der Waals surface area contributed by atoms with E-state index >= 15 is 0 Å². The molecule has 0 aromatic carbocycles. The summed E-state index contributed by atoms with van der Waals surface area (Å²) in [6.45, 7) is 8.69. The third kappa shape index (κ3) is 4.46. The van der Waals surface area contributed by atoms with Crippen LogP contribution < -0.4 is 5.32 Å². The van der Waals surface area contributed by atoms with Gasteiger partial charge in [-0.2, -0.15) is 0 Å². The molecule has 4 nitrogen and oxygen atoms in total. The molecule has 0 aromatic heterocycles. The van der Waals surface area contributed by atoms with Crippen LogP contribution in [0.1, 0.15) is 19.8 Å². The molecular formula is C10H15BrNO3. The van der Waals surface area contributed by atoms with E-state index in [4.69, 9.17) is 5.11 Å². The molecule has 1 amide bonds. The lowest BCUT2D eigenvalue weighted by Gasteiger charge is -2.27. The highest BCUT2D eigenvalue weighted by Crippen LogP contribution is 2.17. The molecule has 1 unspecified atom stereocenters. The van der Waals surface area contributed by atoms with Crippen molar-refractivity contribution >= 4 is 27.8 Å². The van der Waals surface area contributed by atoms with Crippen LogP contribution in [0.15, 0.2) is 12.2 Å². The van der Waals surface area contributed by atoms with Crippen molar-refractivity contribution in [3.8, 4) is 0 Å². The Labute approximate surface area is 97.9 Å². The van der Waals surface area contributed by atoms with Crippen LogP contribution in [0, 0.1) is 6.92 Å². The van der Waals surface area contributed by atoms with Gasteiger partial charge in [-0.25, -0.2) is 4.79 Å². The summed E-state index contributed by atoms with van der Waals surface area (Å²) in [6, 6.07) is 0. The second-order valence-corrected chi connectivity index (χ2v) is 4.21. The molecule has 2 N–H and O–H groups in total. The van der Waals surface area contributed by atoms with Gasteiger partial charge in [-0.05, 0) is 32.3 Å². The molecule has 0 saturated carbocycles. The van der Waals surface area contributed by atoms with Gasteiger partial charge in [0.2, 0.25) is 0 Å². The molecule has 0 fully saturated rings. The van der Waals surface area contributed by atoms with Crippen LogP contribution in [-0.2, 0) is 4.79 Å². The maximum Gasteiger partial charge on any atom is 0.405 e. The van der Waals surface area contributed by atoms with Crippen molar-refractivity contribution in [3.05, 3.63) is 19.1 Å². The van der Waals surface area contributed by atoms with Gasteiger partial charge in [-0.1, -0.05) is 22.5 Å². The summed E-state index contributed by atoms with van der Waals surface area (Å²) in [4.78, 5) is 22.3. The zero-order valence-corrected chi connectivity index (χ0v) is 10.3. The first-order chi connectivity index (χ1) is 6.83. The van der Waals surface area contributed by atoms with Gasteiger partial charge >= 0.3 is 6.09 Å². The minimum absolute atomic E-state index is 0.299. The average Bonchev–Trinajstić information content (AvgIpc) is 2.12. The molecule has 0 heterocycles. The van der Waals surface area contributed by atoms with E-state index in [2.05, 4.69) is 34.7 Å². The molecule has 15 heavy (non-hydrogen) atoms. The summed E-state index contributed by atoms with van der Waals surface area (Å²) in [5.41, 5.74) is -1.01. The molecule has 0 rings (SSSR count). The van der Waals surface area contributed by atoms with Crippen LogP contribution in [0.4, 0.5) is 4.79 Å². The molecule has 0 aliphatic heterocycles. The monoisotopic (exact) mass is 276 g/mol. The van der Waals surface area contributed by atoms with Crippen molar-refractivity contribution in [2.45, 2.75) is 25.3 Å². The van der Waals surface area contributed by atoms with E-state index < -0.39 is 11.6 Å². The number of carboxylic acid groups (broad SMARTS) is 1. The summed E-state index contributed by atoms with van der Waals surface area (Å²) in [5, 5.41) is 11.5. The van der Waals surface area contributed by atoms with Crippen LogP contribution >= 0.6 is 15.9 Å². The van der Waals surface area contributed by atoms with Crippen molar-refractivity contribution in [2.75, 3.05) is 5.33 Å². The Hall–Kier alpha value is -0.840. The van der Waals surface area contributed by atoms with Crippen LogP contribution in [0.2, 0.25) is 0 Å². The molecule has 0 aromatic rings. The summed E-state index contributed by atoms with van der Waals surface area (Å²) >= 11 is 3.22. The number of Topliss-reactive ketones (excluding diaryl/α,β-unsaturated/α-hetero) is 1. The zero-order chi connectivity index (χ0) is 12.1. The quantitative estimate of drug-likeness (QED) is 0.577. The Morgan fingerprint density at radius 1 is 1.53 bits per heavy atom. The van der Waals surface area contributed by atoms with Crippen LogP contribution in [0.3, 0.4) is 0 Å². The Kier molecular flexibility index (Phi) is 5.57. The first-order valence-corrected chi connectivity index (χ1v) is 5.58.